The first-order chi connectivity index (χ1) is 7.83. The largest absolute Gasteiger partial charge is 0.316 e. The van der Waals surface area contributed by atoms with Crippen LogP contribution in [0.2, 0.25) is 0 Å². The smallest absolute Gasteiger partial charge is 0.142 e. The van der Waals surface area contributed by atoms with Gasteiger partial charge in [-0.2, -0.15) is 0 Å². The molecule has 1 saturated heterocycles. The molecule has 1 aromatic heterocycles. The van der Waals surface area contributed by atoms with Crippen LogP contribution < -0.4 is 5.32 Å². The van der Waals surface area contributed by atoms with E-state index in [0.29, 0.717) is 11.8 Å². The molecule has 0 amide bonds. The van der Waals surface area contributed by atoms with Gasteiger partial charge in [0.15, 0.2) is 0 Å². The first-order valence-electron chi connectivity index (χ1n) is 5.85. The van der Waals surface area contributed by atoms with E-state index in [2.05, 4.69) is 16.4 Å². The lowest BCUT2D eigenvalue weighted by molar-refractivity contribution is 0.324. The molecule has 0 aromatic carbocycles. The number of allylic oxidation sites excluding steroid dienone is 2. The van der Waals surface area contributed by atoms with Gasteiger partial charge in [0.25, 0.3) is 0 Å². The summed E-state index contributed by atoms with van der Waals surface area (Å²) < 4.78 is 13.1. The summed E-state index contributed by atoms with van der Waals surface area (Å²) in [4.78, 5) is 3.91. The molecule has 3 rings (SSSR count). The Hall–Kier alpha value is -1.22. The molecule has 1 N–H and O–H groups in total. The second kappa shape index (κ2) is 3.98. The highest BCUT2D eigenvalue weighted by Crippen LogP contribution is 2.38. The molecule has 1 fully saturated rings. The molecule has 3 heteroatoms. The van der Waals surface area contributed by atoms with Crippen molar-refractivity contribution < 1.29 is 4.39 Å². The predicted molar refractivity (Wildman–Crippen MR) is 61.3 cm³/mol. The Morgan fingerprint density at radius 3 is 3.12 bits per heavy atom. The minimum Gasteiger partial charge on any atom is -0.316 e. The maximum absolute atomic E-state index is 13.1. The van der Waals surface area contributed by atoms with Crippen LogP contribution in [-0.2, 0) is 0 Å². The summed E-state index contributed by atoms with van der Waals surface area (Å²) in [5.74, 6) is 1.14. The first kappa shape index (κ1) is 9.97. The maximum atomic E-state index is 13.1. The van der Waals surface area contributed by atoms with Crippen LogP contribution in [0.15, 0.2) is 24.5 Å². The second-order valence-corrected chi connectivity index (χ2v) is 4.70. The van der Waals surface area contributed by atoms with Crippen molar-refractivity contribution in [1.29, 1.82) is 0 Å². The van der Waals surface area contributed by atoms with E-state index in [-0.39, 0.29) is 5.82 Å². The van der Waals surface area contributed by atoms with Crippen LogP contribution in [0.3, 0.4) is 0 Å². The molecular formula is C13H15FN2. The van der Waals surface area contributed by atoms with Crippen LogP contribution in [0.1, 0.15) is 18.4 Å². The number of hydrogen-bond acceptors (Lipinski definition) is 2. The minimum absolute atomic E-state index is 0.244. The van der Waals surface area contributed by atoms with E-state index >= 15 is 0 Å². The van der Waals surface area contributed by atoms with Crippen molar-refractivity contribution in [3.8, 4) is 0 Å². The highest BCUT2D eigenvalue weighted by molar-refractivity contribution is 5.67. The lowest BCUT2D eigenvalue weighted by atomic mass is 9.89. The maximum Gasteiger partial charge on any atom is 0.142 e. The van der Waals surface area contributed by atoms with Crippen molar-refractivity contribution in [2.75, 3.05) is 13.1 Å². The Kier molecular flexibility index (Phi) is 2.48. The van der Waals surface area contributed by atoms with E-state index < -0.39 is 0 Å². The molecule has 2 nitrogen and oxygen atoms in total. The summed E-state index contributed by atoms with van der Waals surface area (Å²) in [5.41, 5.74) is 2.22. The number of piperidine rings is 1. The second-order valence-electron chi connectivity index (χ2n) is 4.70. The fraction of sp³-hybridized carbons (Fsp3) is 0.462. The van der Waals surface area contributed by atoms with Crippen LogP contribution in [0.4, 0.5) is 4.39 Å². The van der Waals surface area contributed by atoms with Crippen LogP contribution in [0, 0.1) is 17.7 Å². The van der Waals surface area contributed by atoms with Gasteiger partial charge in [-0.25, -0.2) is 4.39 Å². The summed E-state index contributed by atoms with van der Waals surface area (Å²) in [7, 11) is 0. The Morgan fingerprint density at radius 1 is 1.38 bits per heavy atom. The number of halogens is 1. The van der Waals surface area contributed by atoms with Gasteiger partial charge in [-0.1, -0.05) is 6.08 Å². The quantitative estimate of drug-likeness (QED) is 0.782. The normalized spacial score (nSPS) is 28.7. The molecule has 2 heterocycles. The van der Waals surface area contributed by atoms with Gasteiger partial charge in [-0.3, -0.25) is 4.98 Å². The highest BCUT2D eigenvalue weighted by atomic mass is 19.1. The zero-order valence-corrected chi connectivity index (χ0v) is 9.12. The summed E-state index contributed by atoms with van der Waals surface area (Å²) in [5, 5.41) is 3.42. The van der Waals surface area contributed by atoms with E-state index in [1.807, 2.05) is 0 Å². The number of hydrogen-bond donors (Lipinski definition) is 1. The fourth-order valence-corrected chi connectivity index (χ4v) is 2.80. The average Bonchev–Trinajstić information content (AvgIpc) is 2.72. The van der Waals surface area contributed by atoms with Crippen LogP contribution in [0.5, 0.6) is 0 Å². The fourth-order valence-electron chi connectivity index (χ4n) is 2.80. The van der Waals surface area contributed by atoms with E-state index in [9.17, 15) is 4.39 Å². The zero-order valence-electron chi connectivity index (χ0n) is 9.12. The minimum atomic E-state index is -0.244. The molecular weight excluding hydrogens is 203 g/mol. The SMILES string of the molecule is Fc1cncc(C2=C[C@@H]3CCNC[C@@H]3C2)c1. The number of aromatic nitrogens is 1. The van der Waals surface area contributed by atoms with Gasteiger partial charge in [-0.15, -0.1) is 0 Å². The van der Waals surface area contributed by atoms with Crippen LogP contribution in [-0.4, -0.2) is 18.1 Å². The van der Waals surface area contributed by atoms with Crippen LogP contribution in [0.25, 0.3) is 5.57 Å². The van der Waals surface area contributed by atoms with Crippen molar-refractivity contribution in [2.45, 2.75) is 12.8 Å². The van der Waals surface area contributed by atoms with Gasteiger partial charge in [-0.05, 0) is 55.0 Å². The molecule has 2 aliphatic rings. The summed E-state index contributed by atoms with van der Waals surface area (Å²) in [6, 6.07) is 1.59. The molecule has 2 atom stereocenters. The molecule has 1 aliphatic heterocycles. The van der Waals surface area contributed by atoms with E-state index in [1.165, 1.54) is 18.2 Å². The third-order valence-electron chi connectivity index (χ3n) is 3.64. The molecule has 1 aliphatic carbocycles. The molecule has 1 aromatic rings. The lowest BCUT2D eigenvalue weighted by Gasteiger charge is -2.25. The highest BCUT2D eigenvalue weighted by Gasteiger charge is 2.30. The van der Waals surface area contributed by atoms with Gasteiger partial charge in [0.1, 0.15) is 5.82 Å². The average molecular weight is 218 g/mol. The number of fused-ring (bicyclic) bond motifs is 1. The summed E-state index contributed by atoms with van der Waals surface area (Å²) in [6.07, 6.45) is 7.61. The molecule has 84 valence electrons. The van der Waals surface area contributed by atoms with Crippen LogP contribution >= 0.6 is 0 Å². The van der Waals surface area contributed by atoms with Gasteiger partial charge in [0.05, 0.1) is 6.20 Å². The topological polar surface area (TPSA) is 24.9 Å². The Balaban J connectivity index is 1.86. The third-order valence-corrected chi connectivity index (χ3v) is 3.64. The number of nitrogens with one attached hydrogen (secondary N) is 1. The van der Waals surface area contributed by atoms with Crippen molar-refractivity contribution in [3.05, 3.63) is 35.9 Å². The molecule has 0 unspecified atom stereocenters. The molecule has 16 heavy (non-hydrogen) atoms. The van der Waals surface area contributed by atoms with Gasteiger partial charge in [0.2, 0.25) is 0 Å². The van der Waals surface area contributed by atoms with E-state index in [4.69, 9.17) is 0 Å². The van der Waals surface area contributed by atoms with Crippen molar-refractivity contribution in [2.24, 2.45) is 11.8 Å². The molecule has 0 spiro atoms. The van der Waals surface area contributed by atoms with E-state index in [1.54, 1.807) is 12.3 Å². The van der Waals surface area contributed by atoms with Crippen molar-refractivity contribution in [3.63, 3.8) is 0 Å². The van der Waals surface area contributed by atoms with Gasteiger partial charge < -0.3 is 5.32 Å². The number of nitrogens with zero attached hydrogens (tertiary/aromatic N) is 1. The summed E-state index contributed by atoms with van der Waals surface area (Å²) >= 11 is 0. The van der Waals surface area contributed by atoms with Gasteiger partial charge >= 0.3 is 0 Å². The number of rotatable bonds is 1. The standard InChI is InChI=1S/C13H15FN2/c14-13-5-12(7-16-8-13)10-3-9-1-2-15-6-11(9)4-10/h3,5,7-9,11,15H,1-2,4,6H2/t9-,11-/m0/s1. The molecule has 0 saturated carbocycles. The monoisotopic (exact) mass is 218 g/mol. The number of pyridine rings is 1. The third kappa shape index (κ3) is 1.76. The van der Waals surface area contributed by atoms with Crippen molar-refractivity contribution in [1.82, 2.24) is 10.3 Å². The van der Waals surface area contributed by atoms with Gasteiger partial charge in [0, 0.05) is 6.20 Å². The van der Waals surface area contributed by atoms with E-state index in [0.717, 1.165) is 25.1 Å². The summed E-state index contributed by atoms with van der Waals surface area (Å²) in [6.45, 7) is 2.19. The van der Waals surface area contributed by atoms with Crippen molar-refractivity contribution >= 4 is 5.57 Å². The molecule has 0 bridgehead atoms. The Morgan fingerprint density at radius 2 is 2.31 bits per heavy atom. The Labute approximate surface area is 94.6 Å². The zero-order chi connectivity index (χ0) is 11.0. The Bertz CT molecular complexity index is 428. The predicted octanol–water partition coefficient (Wildman–Crippen LogP) is 2.23. The molecule has 0 radical (unpaired) electrons. The first-order valence-corrected chi connectivity index (χ1v) is 5.85. The lowest BCUT2D eigenvalue weighted by Crippen LogP contribution is -2.33.